The van der Waals surface area contributed by atoms with Crippen LogP contribution in [0.25, 0.3) is 0 Å². The number of anilines is 2. The standard InChI is InChI=1S/2C20H13NO5.2BrH.Pt/c2*21-10-1-4-14-13(7-10)19(24)26-20(14)15-5-2-11(22)8-17(15)25-18-9-12(23)3-6-16(18)20;;;/h2*1-9,22-23H,21H2;2*1H;/q;;;;+2/p-2. The molecule has 6 aromatic rings. The van der Waals surface area contributed by atoms with Gasteiger partial charge in [0, 0.05) is 69.0 Å². The minimum absolute atomic E-state index is 0.0179. The number of aromatic hydroxyl groups is 4. The van der Waals surface area contributed by atoms with Gasteiger partial charge in [-0.3, -0.25) is 0 Å². The summed E-state index contributed by atoms with van der Waals surface area (Å²) in [5.41, 5.74) is 14.5. The molecule has 2 spiro atoms. The second-order valence-electron chi connectivity index (χ2n) is 12.7. The number of carbonyl (C=O) groups excluding carboxylic acids is 2. The number of nitrogens with two attached hydrogens (primary N) is 2. The Morgan fingerprint density at radius 1 is 0.455 bits per heavy atom. The van der Waals surface area contributed by atoms with E-state index in [1.807, 2.05) is 0 Å². The fourth-order valence-corrected chi connectivity index (χ4v) is 7.45. The van der Waals surface area contributed by atoms with Crippen molar-refractivity contribution in [2.45, 2.75) is 11.2 Å². The van der Waals surface area contributed by atoms with Gasteiger partial charge in [-0.25, -0.2) is 9.59 Å². The van der Waals surface area contributed by atoms with Crippen LogP contribution in [-0.4, -0.2) is 32.4 Å². The average Bonchev–Trinajstić information content (AvgIpc) is 3.58. The van der Waals surface area contributed by atoms with Gasteiger partial charge < -0.3 is 50.8 Å². The first-order chi connectivity index (χ1) is 26.4. The van der Waals surface area contributed by atoms with E-state index in [-0.39, 0.29) is 37.4 Å². The van der Waals surface area contributed by atoms with Gasteiger partial charge in [0.25, 0.3) is 0 Å². The van der Waals surface area contributed by atoms with Crippen LogP contribution >= 0.6 is 26.6 Å². The molecule has 4 aliphatic rings. The molecule has 8 N–H and O–H groups in total. The molecule has 0 unspecified atom stereocenters. The summed E-state index contributed by atoms with van der Waals surface area (Å²) in [6.45, 7) is 0. The Morgan fingerprint density at radius 2 is 0.727 bits per heavy atom. The number of benzene rings is 6. The van der Waals surface area contributed by atoms with Crippen molar-refractivity contribution in [1.82, 2.24) is 0 Å². The Morgan fingerprint density at radius 3 is 1.02 bits per heavy atom. The quantitative estimate of drug-likeness (QED) is 0.0630. The molecule has 4 heterocycles. The molecule has 10 rings (SSSR count). The summed E-state index contributed by atoms with van der Waals surface area (Å²) in [7, 11) is 0. The maximum absolute atomic E-state index is 12.6. The van der Waals surface area contributed by atoms with Gasteiger partial charge in [0.2, 0.25) is 0 Å². The molecule has 15 heteroatoms. The zero-order chi connectivity index (χ0) is 38.8. The molecular weight excluding hydrogens is 1020 g/mol. The van der Waals surface area contributed by atoms with E-state index >= 15 is 0 Å². The van der Waals surface area contributed by atoms with Crippen molar-refractivity contribution in [3.63, 3.8) is 0 Å². The van der Waals surface area contributed by atoms with E-state index in [0.29, 0.717) is 78.9 Å². The Bertz CT molecular complexity index is 2320. The van der Waals surface area contributed by atoms with E-state index in [2.05, 4.69) is 26.6 Å². The molecule has 4 aliphatic heterocycles. The molecule has 0 radical (unpaired) electrons. The van der Waals surface area contributed by atoms with Crippen molar-refractivity contribution >= 4 is 49.9 Å². The third-order valence-corrected chi connectivity index (χ3v) is 9.60. The molecule has 55 heavy (non-hydrogen) atoms. The summed E-state index contributed by atoms with van der Waals surface area (Å²) in [6, 6.07) is 28.6. The Hall–Kier alpha value is -5.69. The van der Waals surface area contributed by atoms with Crippen LogP contribution < -0.4 is 20.9 Å². The summed E-state index contributed by atoms with van der Waals surface area (Å²) >= 11 is 6.56. The molecule has 0 atom stereocenters. The van der Waals surface area contributed by atoms with Crippen LogP contribution in [0.2, 0.25) is 0 Å². The number of hydrogen-bond donors (Lipinski definition) is 6. The molecule has 280 valence electrons. The van der Waals surface area contributed by atoms with Crippen molar-refractivity contribution in [3.05, 3.63) is 154 Å². The van der Waals surface area contributed by atoms with Crippen LogP contribution in [0, 0.1) is 0 Å². The second-order valence-corrected chi connectivity index (χ2v) is 22.7. The summed E-state index contributed by atoms with van der Waals surface area (Å²) in [5.74, 6) is 0.476. The zero-order valence-electron chi connectivity index (χ0n) is 27.9. The number of esters is 2. The zero-order valence-corrected chi connectivity index (χ0v) is 33.3. The van der Waals surface area contributed by atoms with Gasteiger partial charge >= 0.3 is 53.0 Å². The summed E-state index contributed by atoms with van der Waals surface area (Å²) < 4.78 is 23.5. The molecule has 0 aromatic heterocycles. The number of carbonyl (C=O) groups is 2. The van der Waals surface area contributed by atoms with E-state index < -0.39 is 23.1 Å². The van der Waals surface area contributed by atoms with Gasteiger partial charge in [0.1, 0.15) is 46.0 Å². The third-order valence-electron chi connectivity index (χ3n) is 9.60. The van der Waals surface area contributed by atoms with Crippen LogP contribution in [0.5, 0.6) is 46.0 Å². The number of phenols is 4. The predicted molar refractivity (Wildman–Crippen MR) is 203 cm³/mol. The van der Waals surface area contributed by atoms with Crippen molar-refractivity contribution in [2.24, 2.45) is 0 Å². The first kappa shape index (κ1) is 36.3. The van der Waals surface area contributed by atoms with E-state index in [9.17, 15) is 30.0 Å². The molecule has 0 aliphatic carbocycles. The van der Waals surface area contributed by atoms with Crippen LogP contribution in [0.1, 0.15) is 54.1 Å². The van der Waals surface area contributed by atoms with Gasteiger partial charge in [-0.05, 0) is 72.8 Å². The molecule has 12 nitrogen and oxygen atoms in total. The molecule has 0 fully saturated rings. The number of fused-ring (bicyclic) bond motifs is 12. The first-order valence-electron chi connectivity index (χ1n) is 16.2. The van der Waals surface area contributed by atoms with Gasteiger partial charge in [-0.2, -0.15) is 0 Å². The summed E-state index contributed by atoms with van der Waals surface area (Å²) in [4.78, 5) is 25.3. The Labute approximate surface area is 333 Å². The van der Waals surface area contributed by atoms with Crippen molar-refractivity contribution < 1.29 is 63.4 Å². The number of halogens is 2. The fraction of sp³-hybridized carbons (Fsp3) is 0.0500. The van der Waals surface area contributed by atoms with Crippen LogP contribution in [0.3, 0.4) is 0 Å². The van der Waals surface area contributed by atoms with Crippen LogP contribution in [0.15, 0.2) is 109 Å². The normalized spacial score (nSPS) is 15.2. The van der Waals surface area contributed by atoms with Gasteiger partial charge in [-0.15, -0.1) is 0 Å². The van der Waals surface area contributed by atoms with Crippen molar-refractivity contribution in [2.75, 3.05) is 11.5 Å². The SMILES string of the molecule is Nc1ccc2c(c1)C(=O)OC21c2ccc(O)cc2Oc2cc(O)ccc21.Nc1ccc2c(c1)C(=O)OC21c2ccc(O)cc2Oc2cc(O)ccc21.[Br][Pt][Br]. The number of ether oxygens (including phenoxy) is 4. The topological polar surface area (TPSA) is 204 Å². The molecular formula is C40H26Br2N2O10Pt. The van der Waals surface area contributed by atoms with Crippen LogP contribution in [0.4, 0.5) is 11.4 Å². The van der Waals surface area contributed by atoms with Crippen LogP contribution in [-0.2, 0) is 35.1 Å². The molecule has 0 saturated heterocycles. The molecule has 0 amide bonds. The van der Waals surface area contributed by atoms with E-state index in [0.717, 1.165) is 0 Å². The van der Waals surface area contributed by atoms with Crippen molar-refractivity contribution in [1.29, 1.82) is 0 Å². The number of rotatable bonds is 0. The maximum atomic E-state index is 12.6. The fourth-order valence-electron chi connectivity index (χ4n) is 7.45. The molecule has 0 bridgehead atoms. The monoisotopic (exact) mass is 1050 g/mol. The van der Waals surface area contributed by atoms with Gasteiger partial charge in [-0.1, -0.05) is 12.1 Å². The number of phenolic OH excluding ortho intramolecular Hbond substituents is 4. The molecule has 6 aromatic carbocycles. The Balaban J connectivity index is 0.000000145. The van der Waals surface area contributed by atoms with E-state index in [4.69, 9.17) is 30.4 Å². The molecule has 0 saturated carbocycles. The third kappa shape index (κ3) is 5.74. The Kier molecular flexibility index (Phi) is 8.94. The van der Waals surface area contributed by atoms with E-state index in [1.54, 1.807) is 60.7 Å². The number of hydrogen-bond acceptors (Lipinski definition) is 12. The average molecular weight is 1050 g/mol. The van der Waals surface area contributed by atoms with Gasteiger partial charge in [0.05, 0.1) is 11.1 Å². The number of nitrogen functional groups attached to an aromatic ring is 2. The summed E-state index contributed by atoms with van der Waals surface area (Å²) in [5, 5.41) is 39.4. The second kappa shape index (κ2) is 13.6. The predicted octanol–water partition coefficient (Wildman–Crippen LogP) is 8.18. The van der Waals surface area contributed by atoms with Gasteiger partial charge in [0.15, 0.2) is 11.2 Å². The first-order valence-corrected chi connectivity index (χ1v) is 26.1. The summed E-state index contributed by atoms with van der Waals surface area (Å²) in [6.07, 6.45) is 0. The van der Waals surface area contributed by atoms with E-state index in [1.165, 1.54) is 48.5 Å². The minimum atomic E-state index is -1.23. The van der Waals surface area contributed by atoms with Crippen molar-refractivity contribution in [3.8, 4) is 46.0 Å².